The Hall–Kier alpha value is -1.51. The van der Waals surface area contributed by atoms with Crippen LogP contribution in [0.3, 0.4) is 0 Å². The van der Waals surface area contributed by atoms with E-state index in [0.29, 0.717) is 0 Å². The average molecular weight is 233 g/mol. The van der Waals surface area contributed by atoms with Crippen molar-refractivity contribution in [1.29, 1.82) is 0 Å². The van der Waals surface area contributed by atoms with Crippen molar-refractivity contribution in [2.75, 3.05) is 7.05 Å². The predicted octanol–water partition coefficient (Wildman–Crippen LogP) is 2.46. The Labute approximate surface area is 104 Å². The van der Waals surface area contributed by atoms with Crippen molar-refractivity contribution in [1.82, 2.24) is 10.6 Å². The van der Waals surface area contributed by atoms with Crippen LogP contribution in [0.2, 0.25) is 0 Å². The first-order chi connectivity index (χ1) is 7.92. The topological polar surface area (TPSA) is 36.4 Å². The summed E-state index contributed by atoms with van der Waals surface area (Å²) in [7, 11) is 1.79. The molecule has 1 aromatic carbocycles. The van der Waals surface area contributed by atoms with Gasteiger partial charge in [-0.2, -0.15) is 0 Å². The highest BCUT2D eigenvalue weighted by Crippen LogP contribution is 2.06. The summed E-state index contributed by atoms with van der Waals surface area (Å²) in [4.78, 5) is 4.21. The number of benzene rings is 1. The van der Waals surface area contributed by atoms with E-state index in [1.54, 1.807) is 7.05 Å². The van der Waals surface area contributed by atoms with Gasteiger partial charge in [-0.1, -0.05) is 24.3 Å². The minimum atomic E-state index is 0.0214. The number of nitrogens with one attached hydrogen (secondary N) is 2. The number of hydrogen-bond acceptors (Lipinski definition) is 1. The van der Waals surface area contributed by atoms with Crippen LogP contribution in [0.5, 0.6) is 0 Å². The van der Waals surface area contributed by atoms with Crippen LogP contribution in [-0.2, 0) is 6.54 Å². The summed E-state index contributed by atoms with van der Waals surface area (Å²) < 4.78 is 0. The number of hydrogen-bond donors (Lipinski definition) is 2. The van der Waals surface area contributed by atoms with E-state index in [2.05, 4.69) is 67.6 Å². The molecule has 17 heavy (non-hydrogen) atoms. The maximum absolute atomic E-state index is 4.21. The number of nitrogens with zero attached hydrogens (tertiary/aromatic N) is 1. The van der Waals surface area contributed by atoms with Crippen molar-refractivity contribution in [3.05, 3.63) is 35.4 Å². The molecule has 0 bridgehead atoms. The quantitative estimate of drug-likeness (QED) is 0.608. The number of aryl methyl sites for hydroxylation is 1. The summed E-state index contributed by atoms with van der Waals surface area (Å²) in [5, 5.41) is 6.66. The van der Waals surface area contributed by atoms with Crippen molar-refractivity contribution in [3.8, 4) is 0 Å². The van der Waals surface area contributed by atoms with Gasteiger partial charge in [0.15, 0.2) is 5.96 Å². The van der Waals surface area contributed by atoms with E-state index in [0.717, 1.165) is 12.5 Å². The summed E-state index contributed by atoms with van der Waals surface area (Å²) in [6.07, 6.45) is 0. The van der Waals surface area contributed by atoms with Crippen molar-refractivity contribution in [2.45, 2.75) is 39.8 Å². The highest BCUT2D eigenvalue weighted by Gasteiger charge is 2.11. The predicted molar refractivity (Wildman–Crippen MR) is 74.3 cm³/mol. The Morgan fingerprint density at radius 3 is 2.41 bits per heavy atom. The standard InChI is InChI=1S/C14H23N3/c1-11-8-6-7-9-12(11)10-16-13(15-5)17-14(2,3)4/h6-9H,10H2,1-5H3,(H2,15,16,17). The lowest BCUT2D eigenvalue weighted by atomic mass is 10.1. The van der Waals surface area contributed by atoms with E-state index in [1.807, 2.05) is 0 Å². The molecule has 0 saturated heterocycles. The monoisotopic (exact) mass is 233 g/mol. The molecule has 94 valence electrons. The van der Waals surface area contributed by atoms with Gasteiger partial charge in [0.05, 0.1) is 0 Å². The molecule has 0 aliphatic heterocycles. The minimum absolute atomic E-state index is 0.0214. The Morgan fingerprint density at radius 1 is 1.24 bits per heavy atom. The van der Waals surface area contributed by atoms with Crippen LogP contribution >= 0.6 is 0 Å². The van der Waals surface area contributed by atoms with Crippen molar-refractivity contribution >= 4 is 5.96 Å². The molecule has 3 nitrogen and oxygen atoms in total. The summed E-state index contributed by atoms with van der Waals surface area (Å²) in [6, 6.07) is 8.37. The largest absolute Gasteiger partial charge is 0.352 e. The van der Waals surface area contributed by atoms with Gasteiger partial charge in [-0.05, 0) is 38.8 Å². The first kappa shape index (κ1) is 13.6. The maximum atomic E-state index is 4.21. The lowest BCUT2D eigenvalue weighted by Gasteiger charge is -2.24. The molecular formula is C14H23N3. The third-order valence-corrected chi connectivity index (χ3v) is 2.42. The van der Waals surface area contributed by atoms with Gasteiger partial charge >= 0.3 is 0 Å². The highest BCUT2D eigenvalue weighted by atomic mass is 15.2. The third-order valence-electron chi connectivity index (χ3n) is 2.42. The van der Waals surface area contributed by atoms with Crippen LogP contribution in [-0.4, -0.2) is 18.5 Å². The van der Waals surface area contributed by atoms with Gasteiger partial charge in [0, 0.05) is 19.1 Å². The molecule has 0 saturated carbocycles. The van der Waals surface area contributed by atoms with Crippen molar-refractivity contribution < 1.29 is 0 Å². The van der Waals surface area contributed by atoms with E-state index in [1.165, 1.54) is 11.1 Å². The van der Waals surface area contributed by atoms with Crippen LogP contribution in [0.25, 0.3) is 0 Å². The van der Waals surface area contributed by atoms with Crippen molar-refractivity contribution in [3.63, 3.8) is 0 Å². The van der Waals surface area contributed by atoms with E-state index in [9.17, 15) is 0 Å². The second kappa shape index (κ2) is 5.71. The Kier molecular flexibility index (Phi) is 4.55. The molecule has 0 fully saturated rings. The molecule has 2 N–H and O–H groups in total. The van der Waals surface area contributed by atoms with Gasteiger partial charge in [-0.25, -0.2) is 0 Å². The van der Waals surface area contributed by atoms with Gasteiger partial charge in [-0.15, -0.1) is 0 Å². The van der Waals surface area contributed by atoms with Gasteiger partial charge in [0.2, 0.25) is 0 Å². The fourth-order valence-electron chi connectivity index (χ4n) is 1.52. The molecule has 1 rings (SSSR count). The van der Waals surface area contributed by atoms with Gasteiger partial charge in [-0.3, -0.25) is 4.99 Å². The highest BCUT2D eigenvalue weighted by molar-refractivity contribution is 5.80. The van der Waals surface area contributed by atoms with E-state index in [4.69, 9.17) is 0 Å². The zero-order chi connectivity index (χ0) is 12.9. The van der Waals surface area contributed by atoms with Crippen LogP contribution in [0.4, 0.5) is 0 Å². The second-order valence-electron chi connectivity index (χ2n) is 5.23. The average Bonchev–Trinajstić information content (AvgIpc) is 2.24. The summed E-state index contributed by atoms with van der Waals surface area (Å²) in [5.74, 6) is 0.834. The molecule has 0 aromatic heterocycles. The maximum Gasteiger partial charge on any atom is 0.191 e. The normalized spacial score (nSPS) is 12.4. The minimum Gasteiger partial charge on any atom is -0.352 e. The molecule has 0 radical (unpaired) electrons. The van der Waals surface area contributed by atoms with Gasteiger partial charge in [0.1, 0.15) is 0 Å². The summed E-state index contributed by atoms with van der Waals surface area (Å²) >= 11 is 0. The molecule has 0 atom stereocenters. The van der Waals surface area contributed by atoms with Crippen LogP contribution in [0, 0.1) is 6.92 Å². The first-order valence-electron chi connectivity index (χ1n) is 5.96. The number of guanidine groups is 1. The Balaban J connectivity index is 2.58. The van der Waals surface area contributed by atoms with Crippen LogP contribution < -0.4 is 10.6 Å². The SMILES string of the molecule is CN=C(NCc1ccccc1C)NC(C)(C)C. The zero-order valence-corrected chi connectivity index (χ0v) is 11.5. The summed E-state index contributed by atoms with van der Waals surface area (Å²) in [6.45, 7) is 9.27. The van der Waals surface area contributed by atoms with Crippen LogP contribution in [0.15, 0.2) is 29.3 Å². The van der Waals surface area contributed by atoms with E-state index >= 15 is 0 Å². The second-order valence-corrected chi connectivity index (χ2v) is 5.23. The van der Waals surface area contributed by atoms with Crippen molar-refractivity contribution in [2.24, 2.45) is 4.99 Å². The molecule has 0 spiro atoms. The Morgan fingerprint density at radius 2 is 1.88 bits per heavy atom. The smallest absolute Gasteiger partial charge is 0.191 e. The lowest BCUT2D eigenvalue weighted by Crippen LogP contribution is -2.47. The molecule has 1 aromatic rings. The van der Waals surface area contributed by atoms with Gasteiger partial charge in [0.25, 0.3) is 0 Å². The van der Waals surface area contributed by atoms with Crippen LogP contribution in [0.1, 0.15) is 31.9 Å². The molecule has 0 amide bonds. The lowest BCUT2D eigenvalue weighted by molar-refractivity contribution is 0.501. The van der Waals surface area contributed by atoms with E-state index < -0.39 is 0 Å². The molecule has 0 aliphatic carbocycles. The molecule has 3 heteroatoms. The first-order valence-corrected chi connectivity index (χ1v) is 5.96. The summed E-state index contributed by atoms with van der Waals surface area (Å²) in [5.41, 5.74) is 2.61. The molecule has 0 aliphatic rings. The number of rotatable bonds is 2. The van der Waals surface area contributed by atoms with Gasteiger partial charge < -0.3 is 10.6 Å². The fourth-order valence-corrected chi connectivity index (χ4v) is 1.52. The number of aliphatic imine (C=N–C) groups is 1. The van der Waals surface area contributed by atoms with E-state index in [-0.39, 0.29) is 5.54 Å². The fraction of sp³-hybridized carbons (Fsp3) is 0.500. The molecule has 0 heterocycles. The third kappa shape index (κ3) is 4.89. The molecule has 0 unspecified atom stereocenters. The Bertz CT molecular complexity index is 389. The molecular weight excluding hydrogens is 210 g/mol. The zero-order valence-electron chi connectivity index (χ0n) is 11.5.